The first-order chi connectivity index (χ1) is 12.4. The maximum Gasteiger partial charge on any atom is 0.243 e. The Kier molecular flexibility index (Phi) is 8.03. The molecular weight excluding hydrogens is 355 g/mol. The van der Waals surface area contributed by atoms with E-state index in [9.17, 15) is 17.6 Å². The van der Waals surface area contributed by atoms with Gasteiger partial charge in [0, 0.05) is 12.6 Å². The molecule has 1 aromatic rings. The fraction of sp³-hybridized carbons (Fsp3) is 0.632. The molecule has 1 saturated carbocycles. The van der Waals surface area contributed by atoms with E-state index in [1.807, 2.05) is 0 Å². The fourth-order valence-electron chi connectivity index (χ4n) is 3.32. The van der Waals surface area contributed by atoms with E-state index in [0.717, 1.165) is 63.5 Å². The first-order valence-corrected chi connectivity index (χ1v) is 10.9. The number of hydrogen-bond acceptors (Lipinski definition) is 3. The lowest BCUT2D eigenvalue weighted by Gasteiger charge is -2.33. The molecule has 0 heterocycles. The van der Waals surface area contributed by atoms with Gasteiger partial charge in [0.25, 0.3) is 0 Å². The molecule has 0 spiro atoms. The molecule has 0 aliphatic heterocycles. The number of unbranched alkanes of at least 4 members (excludes halogenated alkanes) is 2. The Morgan fingerprint density at radius 1 is 1.15 bits per heavy atom. The summed E-state index contributed by atoms with van der Waals surface area (Å²) in [5, 5.41) is 2.81. The lowest BCUT2D eigenvalue weighted by molar-refractivity contribution is -0.121. The number of hydrogen-bond donors (Lipinski definition) is 1. The lowest BCUT2D eigenvalue weighted by atomic mass is 9.95. The molecule has 1 N–H and O–H groups in total. The predicted molar refractivity (Wildman–Crippen MR) is 99.7 cm³/mol. The molecule has 0 radical (unpaired) electrons. The van der Waals surface area contributed by atoms with Crippen LogP contribution >= 0.6 is 0 Å². The minimum atomic E-state index is -3.84. The van der Waals surface area contributed by atoms with Crippen LogP contribution in [0.2, 0.25) is 0 Å². The van der Waals surface area contributed by atoms with Gasteiger partial charge in [0.15, 0.2) is 0 Å². The molecule has 0 saturated heterocycles. The third-order valence-electron chi connectivity index (χ3n) is 4.80. The number of carbonyl (C=O) groups excluding carboxylic acids is 1. The Balaban J connectivity index is 2.14. The van der Waals surface area contributed by atoms with Crippen molar-refractivity contribution in [2.45, 2.75) is 69.2 Å². The van der Waals surface area contributed by atoms with Gasteiger partial charge in [-0.2, -0.15) is 4.31 Å². The minimum absolute atomic E-state index is 0.0308. The number of carbonyl (C=O) groups is 1. The monoisotopic (exact) mass is 384 g/mol. The van der Waals surface area contributed by atoms with Crippen LogP contribution in [0.4, 0.5) is 4.39 Å². The second-order valence-corrected chi connectivity index (χ2v) is 8.74. The fourth-order valence-corrected chi connectivity index (χ4v) is 4.96. The van der Waals surface area contributed by atoms with Crippen molar-refractivity contribution < 1.29 is 17.6 Å². The highest BCUT2D eigenvalue weighted by atomic mass is 32.2. The van der Waals surface area contributed by atoms with Crippen LogP contribution in [-0.4, -0.2) is 37.8 Å². The van der Waals surface area contributed by atoms with Crippen LogP contribution in [0.15, 0.2) is 29.2 Å². The molecule has 0 bridgehead atoms. The molecule has 1 fully saturated rings. The van der Waals surface area contributed by atoms with Gasteiger partial charge in [0.1, 0.15) is 5.82 Å². The van der Waals surface area contributed by atoms with E-state index in [1.165, 1.54) is 16.4 Å². The Labute approximate surface area is 156 Å². The summed E-state index contributed by atoms with van der Waals surface area (Å²) < 4.78 is 40.6. The molecule has 0 unspecified atom stereocenters. The largest absolute Gasteiger partial charge is 0.355 e. The van der Waals surface area contributed by atoms with E-state index in [4.69, 9.17) is 0 Å². The van der Waals surface area contributed by atoms with Gasteiger partial charge in [-0.15, -0.1) is 0 Å². The highest BCUT2D eigenvalue weighted by Crippen LogP contribution is 2.27. The van der Waals surface area contributed by atoms with Crippen LogP contribution in [0, 0.1) is 5.82 Å². The maximum atomic E-state index is 13.2. The Morgan fingerprint density at radius 2 is 1.81 bits per heavy atom. The van der Waals surface area contributed by atoms with Gasteiger partial charge < -0.3 is 5.32 Å². The molecule has 5 nitrogen and oxygen atoms in total. The molecule has 0 atom stereocenters. The summed E-state index contributed by atoms with van der Waals surface area (Å²) in [5.41, 5.74) is 0. The average molecular weight is 385 g/mol. The minimum Gasteiger partial charge on any atom is -0.355 e. The number of halogens is 1. The quantitative estimate of drug-likeness (QED) is 0.663. The zero-order valence-electron chi connectivity index (χ0n) is 15.4. The van der Waals surface area contributed by atoms with Crippen molar-refractivity contribution >= 4 is 15.9 Å². The van der Waals surface area contributed by atoms with Gasteiger partial charge in [0.05, 0.1) is 11.4 Å². The van der Waals surface area contributed by atoms with Gasteiger partial charge in [0.2, 0.25) is 15.9 Å². The van der Waals surface area contributed by atoms with Crippen LogP contribution in [0.3, 0.4) is 0 Å². The second kappa shape index (κ2) is 10.0. The normalized spacial score (nSPS) is 16.0. The number of sulfonamides is 1. The Bertz CT molecular complexity index is 671. The van der Waals surface area contributed by atoms with E-state index in [0.29, 0.717) is 6.54 Å². The van der Waals surface area contributed by atoms with Gasteiger partial charge >= 0.3 is 0 Å². The van der Waals surface area contributed by atoms with Crippen LogP contribution in [0.1, 0.15) is 58.3 Å². The standard InChI is InChI=1S/C19H29FN2O3S/c1-2-3-7-14-21-19(23)15-22(17-8-5-4-6-9-17)26(24,25)18-12-10-16(20)11-13-18/h10-13,17H,2-9,14-15H2,1H3,(H,21,23). The summed E-state index contributed by atoms with van der Waals surface area (Å²) in [6.45, 7) is 2.46. The van der Waals surface area contributed by atoms with Crippen molar-refractivity contribution in [2.24, 2.45) is 0 Å². The molecule has 26 heavy (non-hydrogen) atoms. The second-order valence-electron chi connectivity index (χ2n) is 6.85. The smallest absolute Gasteiger partial charge is 0.243 e. The summed E-state index contributed by atoms with van der Waals surface area (Å²) >= 11 is 0. The van der Waals surface area contributed by atoms with Crippen molar-refractivity contribution in [1.29, 1.82) is 0 Å². The van der Waals surface area contributed by atoms with Crippen molar-refractivity contribution in [3.63, 3.8) is 0 Å². The number of rotatable bonds is 9. The zero-order chi connectivity index (χ0) is 19.0. The molecule has 2 rings (SSSR count). The van der Waals surface area contributed by atoms with Gasteiger partial charge in [-0.1, -0.05) is 39.0 Å². The summed E-state index contributed by atoms with van der Waals surface area (Å²) in [5.74, 6) is -0.765. The Hall–Kier alpha value is -1.47. The van der Waals surface area contributed by atoms with E-state index >= 15 is 0 Å². The number of benzene rings is 1. The van der Waals surface area contributed by atoms with Crippen LogP contribution < -0.4 is 5.32 Å². The summed E-state index contributed by atoms with van der Waals surface area (Å²) in [6, 6.07) is 4.62. The zero-order valence-corrected chi connectivity index (χ0v) is 16.2. The van der Waals surface area contributed by atoms with Crippen LogP contribution in [0.5, 0.6) is 0 Å². The van der Waals surface area contributed by atoms with Crippen molar-refractivity contribution in [3.8, 4) is 0 Å². The topological polar surface area (TPSA) is 66.5 Å². The predicted octanol–water partition coefficient (Wildman–Crippen LogP) is 3.46. The molecule has 1 amide bonds. The molecule has 0 aromatic heterocycles. The highest BCUT2D eigenvalue weighted by molar-refractivity contribution is 7.89. The molecule has 1 aliphatic carbocycles. The summed E-state index contributed by atoms with van der Waals surface area (Å²) in [4.78, 5) is 12.3. The van der Waals surface area contributed by atoms with Crippen molar-refractivity contribution in [2.75, 3.05) is 13.1 Å². The lowest BCUT2D eigenvalue weighted by Crippen LogP contribution is -2.47. The maximum absolute atomic E-state index is 13.2. The van der Waals surface area contributed by atoms with E-state index in [2.05, 4.69) is 12.2 Å². The molecule has 7 heteroatoms. The number of nitrogens with one attached hydrogen (secondary N) is 1. The third-order valence-corrected chi connectivity index (χ3v) is 6.72. The number of nitrogens with zero attached hydrogens (tertiary/aromatic N) is 1. The van der Waals surface area contributed by atoms with Gasteiger partial charge in [-0.25, -0.2) is 12.8 Å². The highest BCUT2D eigenvalue weighted by Gasteiger charge is 2.33. The van der Waals surface area contributed by atoms with E-state index in [1.54, 1.807) is 0 Å². The van der Waals surface area contributed by atoms with Gasteiger partial charge in [-0.05, 0) is 43.5 Å². The molecule has 1 aromatic carbocycles. The van der Waals surface area contributed by atoms with Crippen molar-refractivity contribution in [1.82, 2.24) is 9.62 Å². The Morgan fingerprint density at radius 3 is 2.42 bits per heavy atom. The first kappa shape index (κ1) is 20.8. The van der Waals surface area contributed by atoms with E-state index in [-0.39, 0.29) is 23.4 Å². The SMILES string of the molecule is CCCCCNC(=O)CN(C1CCCCC1)S(=O)(=O)c1ccc(F)cc1. The first-order valence-electron chi connectivity index (χ1n) is 9.49. The van der Waals surface area contributed by atoms with E-state index < -0.39 is 15.8 Å². The number of amides is 1. The third kappa shape index (κ3) is 5.77. The average Bonchev–Trinajstić information content (AvgIpc) is 2.64. The summed E-state index contributed by atoms with van der Waals surface area (Å²) in [7, 11) is -3.84. The summed E-state index contributed by atoms with van der Waals surface area (Å²) in [6.07, 6.45) is 7.48. The molecule has 146 valence electrons. The van der Waals surface area contributed by atoms with Crippen LogP contribution in [-0.2, 0) is 14.8 Å². The van der Waals surface area contributed by atoms with Gasteiger partial charge in [-0.3, -0.25) is 4.79 Å². The molecular formula is C19H29FN2O3S. The van der Waals surface area contributed by atoms with Crippen molar-refractivity contribution in [3.05, 3.63) is 30.1 Å². The molecule has 1 aliphatic rings. The van der Waals surface area contributed by atoms with Crippen LogP contribution in [0.25, 0.3) is 0 Å².